The van der Waals surface area contributed by atoms with Gasteiger partial charge in [0.15, 0.2) is 0 Å². The highest BCUT2D eigenvalue weighted by atomic mass is 19.4. The first-order valence-electron chi connectivity index (χ1n) is 7.04. The van der Waals surface area contributed by atoms with Gasteiger partial charge >= 0.3 is 6.18 Å². The molecular weight excluding hydrogens is 281 g/mol. The third-order valence-electron chi connectivity index (χ3n) is 3.89. The van der Waals surface area contributed by atoms with E-state index in [2.05, 4.69) is 4.90 Å². The number of alkyl halides is 3. The van der Waals surface area contributed by atoms with Crippen molar-refractivity contribution in [1.82, 2.24) is 4.90 Å². The van der Waals surface area contributed by atoms with Gasteiger partial charge in [0.25, 0.3) is 0 Å². The third-order valence-corrected chi connectivity index (χ3v) is 3.89. The summed E-state index contributed by atoms with van der Waals surface area (Å²) in [5.41, 5.74) is 6.19. The van der Waals surface area contributed by atoms with Crippen molar-refractivity contribution in [2.24, 2.45) is 11.7 Å². The van der Waals surface area contributed by atoms with Gasteiger partial charge < -0.3 is 15.4 Å². The molecule has 0 aliphatic carbocycles. The van der Waals surface area contributed by atoms with Gasteiger partial charge in [0.1, 0.15) is 0 Å². The normalized spacial score (nSPS) is 21.7. The second kappa shape index (κ2) is 6.77. The van der Waals surface area contributed by atoms with Crippen molar-refractivity contribution in [3.05, 3.63) is 35.4 Å². The Kier molecular flexibility index (Phi) is 5.24. The van der Waals surface area contributed by atoms with Crippen LogP contribution in [-0.2, 0) is 10.9 Å². The molecule has 0 saturated carbocycles. The average Bonchev–Trinajstić information content (AvgIpc) is 2.86. The maximum absolute atomic E-state index is 12.5. The first-order chi connectivity index (χ1) is 9.90. The zero-order chi connectivity index (χ0) is 15.5. The summed E-state index contributed by atoms with van der Waals surface area (Å²) < 4.78 is 42.7. The number of likely N-dealkylation sites (tertiary alicyclic amines) is 1. The average molecular weight is 302 g/mol. The molecule has 118 valence electrons. The summed E-state index contributed by atoms with van der Waals surface area (Å²) >= 11 is 0. The summed E-state index contributed by atoms with van der Waals surface area (Å²) in [6, 6.07) is 4.85. The van der Waals surface area contributed by atoms with Gasteiger partial charge in [0.05, 0.1) is 12.2 Å². The van der Waals surface area contributed by atoms with E-state index in [1.807, 2.05) is 0 Å². The Labute approximate surface area is 122 Å². The molecule has 2 unspecified atom stereocenters. The lowest BCUT2D eigenvalue weighted by Crippen LogP contribution is -2.31. The highest BCUT2D eigenvalue weighted by Crippen LogP contribution is 2.30. The lowest BCUT2D eigenvalue weighted by atomic mass is 10.0. The van der Waals surface area contributed by atoms with Crippen molar-refractivity contribution in [1.29, 1.82) is 0 Å². The number of benzene rings is 1. The number of hydrogen-bond acceptors (Lipinski definition) is 3. The van der Waals surface area contributed by atoms with Gasteiger partial charge in [-0.15, -0.1) is 0 Å². The quantitative estimate of drug-likeness (QED) is 0.909. The van der Waals surface area contributed by atoms with Crippen LogP contribution in [-0.4, -0.2) is 38.3 Å². The Bertz CT molecular complexity index is 447. The molecule has 0 radical (unpaired) electrons. The van der Waals surface area contributed by atoms with Crippen molar-refractivity contribution in [2.45, 2.75) is 18.6 Å². The number of rotatable bonds is 5. The number of hydrogen-bond donors (Lipinski definition) is 1. The lowest BCUT2D eigenvalue weighted by molar-refractivity contribution is -0.137. The SMILES string of the molecule is COCC1CCN(CC(N)c2ccc(C(F)(F)F)cc2)C1. The molecular formula is C15H21F3N2O. The van der Waals surface area contributed by atoms with Crippen LogP contribution in [0, 0.1) is 5.92 Å². The Hall–Kier alpha value is -1.11. The van der Waals surface area contributed by atoms with Gasteiger partial charge in [0, 0.05) is 26.2 Å². The van der Waals surface area contributed by atoms with Gasteiger partial charge in [-0.05, 0) is 36.6 Å². The third kappa shape index (κ3) is 4.43. The standard InChI is InChI=1S/C15H21F3N2O/c1-21-10-11-6-7-20(8-11)9-14(19)12-2-4-13(5-3-12)15(16,17)18/h2-5,11,14H,6-10,19H2,1H3. The second-order valence-electron chi connectivity index (χ2n) is 5.60. The highest BCUT2D eigenvalue weighted by Gasteiger charge is 2.30. The van der Waals surface area contributed by atoms with Crippen LogP contribution in [0.25, 0.3) is 0 Å². The van der Waals surface area contributed by atoms with E-state index in [0.29, 0.717) is 12.5 Å². The zero-order valence-electron chi connectivity index (χ0n) is 12.1. The summed E-state index contributed by atoms with van der Waals surface area (Å²) in [7, 11) is 1.69. The number of ether oxygens (including phenoxy) is 1. The Morgan fingerprint density at radius 3 is 2.57 bits per heavy atom. The highest BCUT2D eigenvalue weighted by molar-refractivity contribution is 5.26. The van der Waals surface area contributed by atoms with Crippen LogP contribution in [0.4, 0.5) is 13.2 Å². The van der Waals surface area contributed by atoms with Gasteiger partial charge in [-0.3, -0.25) is 0 Å². The molecule has 0 aromatic heterocycles. The van der Waals surface area contributed by atoms with E-state index >= 15 is 0 Å². The summed E-state index contributed by atoms with van der Waals surface area (Å²) in [4.78, 5) is 2.24. The largest absolute Gasteiger partial charge is 0.416 e. The van der Waals surface area contributed by atoms with Crippen LogP contribution in [0.1, 0.15) is 23.6 Å². The van der Waals surface area contributed by atoms with Crippen molar-refractivity contribution in [3.8, 4) is 0 Å². The molecule has 0 amide bonds. The first-order valence-corrected chi connectivity index (χ1v) is 7.04. The van der Waals surface area contributed by atoms with Crippen molar-refractivity contribution < 1.29 is 17.9 Å². The Morgan fingerprint density at radius 1 is 1.33 bits per heavy atom. The first kappa shape index (κ1) is 16.3. The fourth-order valence-corrected chi connectivity index (χ4v) is 2.75. The minimum absolute atomic E-state index is 0.270. The van der Waals surface area contributed by atoms with Crippen LogP contribution < -0.4 is 5.73 Å². The number of nitrogens with two attached hydrogens (primary N) is 1. The second-order valence-corrected chi connectivity index (χ2v) is 5.60. The molecule has 1 aliphatic heterocycles. The van der Waals surface area contributed by atoms with Crippen LogP contribution >= 0.6 is 0 Å². The molecule has 3 nitrogen and oxygen atoms in total. The van der Waals surface area contributed by atoms with Crippen LogP contribution in [0.2, 0.25) is 0 Å². The number of nitrogens with zero attached hydrogens (tertiary/aromatic N) is 1. The molecule has 2 N–H and O–H groups in total. The minimum Gasteiger partial charge on any atom is -0.384 e. The molecule has 2 rings (SSSR count). The molecule has 1 aliphatic rings. The fraction of sp³-hybridized carbons (Fsp3) is 0.600. The predicted molar refractivity (Wildman–Crippen MR) is 74.8 cm³/mol. The van der Waals surface area contributed by atoms with Gasteiger partial charge in [0.2, 0.25) is 0 Å². The minimum atomic E-state index is -4.30. The predicted octanol–water partition coefficient (Wildman–Crippen LogP) is 2.67. The van der Waals surface area contributed by atoms with Crippen LogP contribution in [0.5, 0.6) is 0 Å². The summed E-state index contributed by atoms with van der Waals surface area (Å²) in [6.45, 7) is 3.29. The summed E-state index contributed by atoms with van der Waals surface area (Å²) in [6.07, 6.45) is -3.22. The topological polar surface area (TPSA) is 38.5 Å². The Balaban J connectivity index is 1.90. The van der Waals surface area contributed by atoms with Crippen LogP contribution in [0.3, 0.4) is 0 Å². The summed E-state index contributed by atoms with van der Waals surface area (Å²) in [5, 5.41) is 0. The van der Waals surface area contributed by atoms with E-state index in [4.69, 9.17) is 10.5 Å². The van der Waals surface area contributed by atoms with E-state index in [0.717, 1.165) is 43.8 Å². The van der Waals surface area contributed by atoms with E-state index in [9.17, 15) is 13.2 Å². The molecule has 6 heteroatoms. The Morgan fingerprint density at radius 2 is 2.00 bits per heavy atom. The van der Waals surface area contributed by atoms with Gasteiger partial charge in [-0.1, -0.05) is 12.1 Å². The molecule has 21 heavy (non-hydrogen) atoms. The van der Waals surface area contributed by atoms with E-state index in [1.165, 1.54) is 12.1 Å². The van der Waals surface area contributed by atoms with Crippen LogP contribution in [0.15, 0.2) is 24.3 Å². The summed E-state index contributed by atoms with van der Waals surface area (Å²) in [5.74, 6) is 0.523. The van der Waals surface area contributed by atoms with Gasteiger partial charge in [-0.2, -0.15) is 13.2 Å². The zero-order valence-corrected chi connectivity index (χ0v) is 12.1. The molecule has 0 bridgehead atoms. The molecule has 1 fully saturated rings. The maximum Gasteiger partial charge on any atom is 0.416 e. The monoisotopic (exact) mass is 302 g/mol. The van der Waals surface area contributed by atoms with E-state index in [-0.39, 0.29) is 6.04 Å². The smallest absolute Gasteiger partial charge is 0.384 e. The van der Waals surface area contributed by atoms with E-state index in [1.54, 1.807) is 7.11 Å². The number of halogens is 3. The van der Waals surface area contributed by atoms with Crippen molar-refractivity contribution in [2.75, 3.05) is 33.4 Å². The maximum atomic E-state index is 12.5. The van der Waals surface area contributed by atoms with Gasteiger partial charge in [-0.25, -0.2) is 0 Å². The lowest BCUT2D eigenvalue weighted by Gasteiger charge is -2.21. The molecule has 1 aromatic carbocycles. The number of methoxy groups -OCH3 is 1. The molecule has 1 heterocycles. The molecule has 2 atom stereocenters. The van der Waals surface area contributed by atoms with Crippen molar-refractivity contribution in [3.63, 3.8) is 0 Å². The fourth-order valence-electron chi connectivity index (χ4n) is 2.75. The molecule has 0 spiro atoms. The molecule has 1 aromatic rings. The van der Waals surface area contributed by atoms with E-state index < -0.39 is 11.7 Å². The molecule has 1 saturated heterocycles. The van der Waals surface area contributed by atoms with Crippen molar-refractivity contribution >= 4 is 0 Å².